The van der Waals surface area contributed by atoms with Crippen molar-refractivity contribution in [2.45, 2.75) is 46.2 Å². The van der Waals surface area contributed by atoms with Crippen LogP contribution in [0.3, 0.4) is 0 Å². The van der Waals surface area contributed by atoms with Crippen LogP contribution in [0, 0.1) is 6.92 Å². The first-order chi connectivity index (χ1) is 9.46. The molecule has 0 fully saturated rings. The summed E-state index contributed by atoms with van der Waals surface area (Å²) >= 11 is 0. The van der Waals surface area contributed by atoms with Gasteiger partial charge in [0.05, 0.1) is 5.52 Å². The van der Waals surface area contributed by atoms with E-state index in [1.165, 1.54) is 5.56 Å². The molecule has 0 saturated heterocycles. The maximum absolute atomic E-state index is 4.35. The third-order valence-electron chi connectivity index (χ3n) is 3.10. The summed E-state index contributed by atoms with van der Waals surface area (Å²) in [6.45, 7) is 11.4. The van der Waals surface area contributed by atoms with Crippen LogP contribution in [0.2, 0.25) is 0 Å². The molecule has 0 spiro atoms. The molecule has 0 aliphatic heterocycles. The Labute approximate surface area is 120 Å². The van der Waals surface area contributed by atoms with E-state index < -0.39 is 0 Å². The van der Waals surface area contributed by atoms with E-state index in [0.29, 0.717) is 0 Å². The van der Waals surface area contributed by atoms with Crippen LogP contribution in [-0.4, -0.2) is 33.6 Å². The Morgan fingerprint density at radius 2 is 2.05 bits per heavy atom. The van der Waals surface area contributed by atoms with Crippen molar-refractivity contribution in [3.63, 3.8) is 0 Å². The van der Waals surface area contributed by atoms with Gasteiger partial charge in [-0.15, -0.1) is 0 Å². The molecule has 0 aliphatic carbocycles. The van der Waals surface area contributed by atoms with Crippen molar-refractivity contribution in [1.82, 2.24) is 25.6 Å². The van der Waals surface area contributed by atoms with Gasteiger partial charge in [0, 0.05) is 18.3 Å². The molecule has 2 rings (SSSR count). The number of fused-ring (bicyclic) bond motifs is 1. The molecule has 110 valence electrons. The van der Waals surface area contributed by atoms with Crippen LogP contribution in [-0.2, 0) is 6.54 Å². The van der Waals surface area contributed by atoms with E-state index in [-0.39, 0.29) is 5.54 Å². The highest BCUT2D eigenvalue weighted by Gasteiger charge is 2.07. The van der Waals surface area contributed by atoms with E-state index in [0.717, 1.165) is 43.0 Å². The van der Waals surface area contributed by atoms with Crippen molar-refractivity contribution >= 4 is 11.2 Å². The van der Waals surface area contributed by atoms with E-state index in [1.54, 1.807) is 0 Å². The van der Waals surface area contributed by atoms with E-state index in [2.05, 4.69) is 46.4 Å². The molecule has 0 bridgehead atoms. The van der Waals surface area contributed by atoms with Gasteiger partial charge in [-0.1, -0.05) is 0 Å². The summed E-state index contributed by atoms with van der Waals surface area (Å²) < 4.78 is 0. The number of hydrogen-bond acceptors (Lipinski definition) is 4. The van der Waals surface area contributed by atoms with Crippen LogP contribution in [0.4, 0.5) is 0 Å². The maximum atomic E-state index is 4.35. The second kappa shape index (κ2) is 6.33. The number of aryl methyl sites for hydroxylation is 1. The van der Waals surface area contributed by atoms with E-state index in [9.17, 15) is 0 Å². The lowest BCUT2D eigenvalue weighted by Gasteiger charge is -2.20. The molecule has 0 saturated carbocycles. The minimum Gasteiger partial charge on any atom is -0.341 e. The Hall–Kier alpha value is -1.46. The average Bonchev–Trinajstić information content (AvgIpc) is 2.73. The van der Waals surface area contributed by atoms with Gasteiger partial charge in [-0.2, -0.15) is 0 Å². The molecule has 0 amide bonds. The Morgan fingerprint density at radius 3 is 2.80 bits per heavy atom. The van der Waals surface area contributed by atoms with Crippen molar-refractivity contribution in [2.75, 3.05) is 13.1 Å². The van der Waals surface area contributed by atoms with Gasteiger partial charge in [-0.3, -0.25) is 0 Å². The third kappa shape index (κ3) is 4.28. The van der Waals surface area contributed by atoms with E-state index in [4.69, 9.17) is 0 Å². The SMILES string of the molecule is Cc1nc2nccc(CNCCCNC(C)(C)C)c2[nH]1. The number of nitrogens with zero attached hydrogens (tertiary/aromatic N) is 2. The summed E-state index contributed by atoms with van der Waals surface area (Å²) in [4.78, 5) is 11.9. The van der Waals surface area contributed by atoms with Crippen molar-refractivity contribution in [3.05, 3.63) is 23.7 Å². The fourth-order valence-corrected chi connectivity index (χ4v) is 2.13. The van der Waals surface area contributed by atoms with Gasteiger partial charge in [0.1, 0.15) is 5.82 Å². The maximum Gasteiger partial charge on any atom is 0.177 e. The molecule has 5 nitrogen and oxygen atoms in total. The molecule has 2 aromatic heterocycles. The average molecular weight is 275 g/mol. The topological polar surface area (TPSA) is 65.6 Å². The first-order valence-corrected chi connectivity index (χ1v) is 7.22. The minimum atomic E-state index is 0.199. The molecule has 2 aromatic rings. The summed E-state index contributed by atoms with van der Waals surface area (Å²) in [5.74, 6) is 0.911. The largest absolute Gasteiger partial charge is 0.341 e. The lowest BCUT2D eigenvalue weighted by Crippen LogP contribution is -2.37. The van der Waals surface area contributed by atoms with E-state index in [1.807, 2.05) is 19.2 Å². The molecule has 0 radical (unpaired) electrons. The highest BCUT2D eigenvalue weighted by molar-refractivity contribution is 5.74. The summed E-state index contributed by atoms with van der Waals surface area (Å²) in [6.07, 6.45) is 2.94. The second-order valence-electron chi connectivity index (χ2n) is 6.20. The third-order valence-corrected chi connectivity index (χ3v) is 3.10. The smallest absolute Gasteiger partial charge is 0.177 e. The zero-order chi connectivity index (χ0) is 14.6. The first kappa shape index (κ1) is 14.9. The monoisotopic (exact) mass is 275 g/mol. The Balaban J connectivity index is 1.79. The Bertz CT molecular complexity index is 553. The van der Waals surface area contributed by atoms with Gasteiger partial charge in [0.2, 0.25) is 0 Å². The highest BCUT2D eigenvalue weighted by Crippen LogP contribution is 2.13. The number of imidazole rings is 1. The fraction of sp³-hybridized carbons (Fsp3) is 0.600. The molecule has 0 unspecified atom stereocenters. The second-order valence-corrected chi connectivity index (χ2v) is 6.20. The fourth-order valence-electron chi connectivity index (χ4n) is 2.13. The molecule has 0 atom stereocenters. The molecule has 0 aromatic carbocycles. The Morgan fingerprint density at radius 1 is 1.25 bits per heavy atom. The van der Waals surface area contributed by atoms with Crippen LogP contribution in [0.15, 0.2) is 12.3 Å². The summed E-state index contributed by atoms with van der Waals surface area (Å²) in [7, 11) is 0. The van der Waals surface area contributed by atoms with Crippen LogP contribution in [0.5, 0.6) is 0 Å². The minimum absolute atomic E-state index is 0.199. The predicted molar refractivity (Wildman–Crippen MR) is 82.7 cm³/mol. The molecular formula is C15H25N5. The molecular weight excluding hydrogens is 250 g/mol. The molecule has 2 heterocycles. The van der Waals surface area contributed by atoms with Crippen LogP contribution in [0.1, 0.15) is 38.6 Å². The van der Waals surface area contributed by atoms with Gasteiger partial charge < -0.3 is 15.6 Å². The summed E-state index contributed by atoms with van der Waals surface area (Å²) in [6, 6.07) is 2.04. The van der Waals surface area contributed by atoms with Crippen molar-refractivity contribution < 1.29 is 0 Å². The lowest BCUT2D eigenvalue weighted by atomic mass is 10.1. The number of pyridine rings is 1. The quantitative estimate of drug-likeness (QED) is 0.707. The standard InChI is InChI=1S/C15H25N5/c1-11-19-13-12(6-9-17-14(13)20-11)10-16-7-5-8-18-15(2,3)4/h6,9,16,18H,5,7-8,10H2,1-4H3,(H,17,19,20). The van der Waals surface area contributed by atoms with Crippen molar-refractivity contribution in [1.29, 1.82) is 0 Å². The van der Waals surface area contributed by atoms with Gasteiger partial charge in [-0.05, 0) is 58.8 Å². The number of rotatable bonds is 6. The molecule has 3 N–H and O–H groups in total. The first-order valence-electron chi connectivity index (χ1n) is 7.22. The Kier molecular flexibility index (Phi) is 4.73. The predicted octanol–water partition coefficient (Wildman–Crippen LogP) is 2.13. The summed E-state index contributed by atoms with van der Waals surface area (Å²) in [5, 5.41) is 6.96. The zero-order valence-electron chi connectivity index (χ0n) is 12.9. The van der Waals surface area contributed by atoms with E-state index >= 15 is 0 Å². The molecule has 20 heavy (non-hydrogen) atoms. The zero-order valence-corrected chi connectivity index (χ0v) is 12.9. The normalized spacial score (nSPS) is 12.2. The van der Waals surface area contributed by atoms with Crippen molar-refractivity contribution in [3.8, 4) is 0 Å². The molecule has 0 aliphatic rings. The van der Waals surface area contributed by atoms with Crippen molar-refractivity contribution in [2.24, 2.45) is 0 Å². The van der Waals surface area contributed by atoms with Crippen LogP contribution in [0.25, 0.3) is 11.2 Å². The number of H-pyrrole nitrogens is 1. The highest BCUT2D eigenvalue weighted by atomic mass is 15.0. The van der Waals surface area contributed by atoms with Gasteiger partial charge in [0.15, 0.2) is 5.65 Å². The summed E-state index contributed by atoms with van der Waals surface area (Å²) in [5.41, 5.74) is 3.27. The van der Waals surface area contributed by atoms with Crippen LogP contribution < -0.4 is 10.6 Å². The number of hydrogen-bond donors (Lipinski definition) is 3. The van der Waals surface area contributed by atoms with Gasteiger partial charge in [-0.25, -0.2) is 9.97 Å². The van der Waals surface area contributed by atoms with Crippen LogP contribution >= 0.6 is 0 Å². The number of nitrogens with one attached hydrogen (secondary N) is 3. The number of aromatic nitrogens is 3. The number of aromatic amines is 1. The molecule has 5 heteroatoms. The lowest BCUT2D eigenvalue weighted by molar-refractivity contribution is 0.418. The van der Waals surface area contributed by atoms with Gasteiger partial charge in [0.25, 0.3) is 0 Å². The van der Waals surface area contributed by atoms with Gasteiger partial charge >= 0.3 is 0 Å².